The standard InChI is InChI=1S/C20H30FN3O3/c1-15(2)27-12-4-7-22-19(25)14-23-8-10-24(11-9-23)20(26)17-6-5-16(3)18(21)13-17/h5-6,13,15H,4,7-12,14H2,1-3H3,(H,22,25). The molecule has 0 radical (unpaired) electrons. The maximum atomic E-state index is 13.7. The molecule has 0 atom stereocenters. The van der Waals surface area contributed by atoms with Crippen molar-refractivity contribution in [2.45, 2.75) is 33.3 Å². The van der Waals surface area contributed by atoms with E-state index in [0.717, 1.165) is 6.42 Å². The third kappa shape index (κ3) is 6.92. The van der Waals surface area contributed by atoms with Crippen LogP contribution in [0, 0.1) is 12.7 Å². The van der Waals surface area contributed by atoms with Crippen LogP contribution in [0.25, 0.3) is 0 Å². The van der Waals surface area contributed by atoms with E-state index >= 15 is 0 Å². The number of rotatable bonds is 8. The molecule has 1 aromatic rings. The molecule has 0 saturated carbocycles. The molecule has 0 aliphatic carbocycles. The van der Waals surface area contributed by atoms with Gasteiger partial charge in [0.2, 0.25) is 5.91 Å². The number of ether oxygens (including phenoxy) is 1. The van der Waals surface area contributed by atoms with Gasteiger partial charge in [0.15, 0.2) is 0 Å². The molecule has 7 heteroatoms. The molecule has 0 bridgehead atoms. The Morgan fingerprint density at radius 3 is 2.56 bits per heavy atom. The van der Waals surface area contributed by atoms with Gasteiger partial charge >= 0.3 is 0 Å². The largest absolute Gasteiger partial charge is 0.379 e. The van der Waals surface area contributed by atoms with Crippen LogP contribution in [0.3, 0.4) is 0 Å². The Morgan fingerprint density at radius 2 is 1.93 bits per heavy atom. The van der Waals surface area contributed by atoms with Crippen LogP contribution >= 0.6 is 0 Å². The van der Waals surface area contributed by atoms with Crippen LogP contribution in [-0.2, 0) is 9.53 Å². The fraction of sp³-hybridized carbons (Fsp3) is 0.600. The topological polar surface area (TPSA) is 61.9 Å². The summed E-state index contributed by atoms with van der Waals surface area (Å²) in [7, 11) is 0. The summed E-state index contributed by atoms with van der Waals surface area (Å²) in [6.07, 6.45) is 0.996. The SMILES string of the molecule is Cc1ccc(C(=O)N2CCN(CC(=O)NCCCOC(C)C)CC2)cc1F. The fourth-order valence-electron chi connectivity index (χ4n) is 2.90. The van der Waals surface area contributed by atoms with E-state index in [0.29, 0.717) is 57.0 Å². The summed E-state index contributed by atoms with van der Waals surface area (Å²) in [6, 6.07) is 4.57. The Hall–Kier alpha value is -1.99. The number of piperazine rings is 1. The third-order valence-corrected chi connectivity index (χ3v) is 4.54. The molecule has 2 rings (SSSR count). The van der Waals surface area contributed by atoms with Crippen molar-refractivity contribution in [1.82, 2.24) is 15.1 Å². The Labute approximate surface area is 160 Å². The number of hydrogen-bond acceptors (Lipinski definition) is 4. The van der Waals surface area contributed by atoms with Crippen molar-refractivity contribution < 1.29 is 18.7 Å². The predicted octanol–water partition coefficient (Wildman–Crippen LogP) is 1.82. The molecule has 1 aromatic carbocycles. The van der Waals surface area contributed by atoms with E-state index in [9.17, 15) is 14.0 Å². The highest BCUT2D eigenvalue weighted by molar-refractivity contribution is 5.94. The normalized spacial score (nSPS) is 15.2. The first-order valence-corrected chi connectivity index (χ1v) is 9.53. The number of carbonyl (C=O) groups is 2. The van der Waals surface area contributed by atoms with Crippen LogP contribution in [0.15, 0.2) is 18.2 Å². The van der Waals surface area contributed by atoms with Gasteiger partial charge in [0.1, 0.15) is 5.82 Å². The van der Waals surface area contributed by atoms with E-state index in [2.05, 4.69) is 5.32 Å². The molecular weight excluding hydrogens is 349 g/mol. The Kier molecular flexibility index (Phi) is 8.19. The van der Waals surface area contributed by atoms with Gasteiger partial charge in [-0.25, -0.2) is 4.39 Å². The van der Waals surface area contributed by atoms with E-state index in [-0.39, 0.29) is 23.7 Å². The zero-order chi connectivity index (χ0) is 19.8. The number of nitrogens with one attached hydrogen (secondary N) is 1. The van der Waals surface area contributed by atoms with Gasteiger partial charge in [-0.2, -0.15) is 0 Å². The summed E-state index contributed by atoms with van der Waals surface area (Å²) in [5.41, 5.74) is 0.894. The number of halogens is 1. The molecule has 150 valence electrons. The summed E-state index contributed by atoms with van der Waals surface area (Å²) in [6.45, 7) is 9.52. The zero-order valence-electron chi connectivity index (χ0n) is 16.5. The molecule has 0 spiro atoms. The van der Waals surface area contributed by atoms with Gasteiger partial charge in [-0.05, 0) is 44.9 Å². The second kappa shape index (κ2) is 10.4. The quantitative estimate of drug-likeness (QED) is 0.700. The smallest absolute Gasteiger partial charge is 0.254 e. The van der Waals surface area contributed by atoms with E-state index in [1.165, 1.54) is 6.07 Å². The molecule has 1 aliphatic rings. The van der Waals surface area contributed by atoms with Crippen molar-refractivity contribution in [1.29, 1.82) is 0 Å². The van der Waals surface area contributed by atoms with Gasteiger partial charge < -0.3 is 15.0 Å². The van der Waals surface area contributed by atoms with Crippen molar-refractivity contribution in [3.8, 4) is 0 Å². The molecule has 2 amide bonds. The number of carbonyl (C=O) groups excluding carboxylic acids is 2. The minimum Gasteiger partial charge on any atom is -0.379 e. The molecule has 1 N–H and O–H groups in total. The molecule has 27 heavy (non-hydrogen) atoms. The Balaban J connectivity index is 1.69. The molecule has 6 nitrogen and oxygen atoms in total. The second-order valence-electron chi connectivity index (χ2n) is 7.16. The van der Waals surface area contributed by atoms with Crippen LogP contribution in [0.4, 0.5) is 4.39 Å². The highest BCUT2D eigenvalue weighted by Crippen LogP contribution is 2.13. The zero-order valence-corrected chi connectivity index (χ0v) is 16.5. The molecule has 0 unspecified atom stereocenters. The number of nitrogens with zero attached hydrogens (tertiary/aromatic N) is 2. The number of aryl methyl sites for hydroxylation is 1. The van der Waals surface area contributed by atoms with Crippen LogP contribution in [-0.4, -0.2) is 73.6 Å². The van der Waals surface area contributed by atoms with Gasteiger partial charge in [-0.15, -0.1) is 0 Å². The lowest BCUT2D eigenvalue weighted by molar-refractivity contribution is -0.122. The van der Waals surface area contributed by atoms with E-state index in [1.54, 1.807) is 24.0 Å². The maximum Gasteiger partial charge on any atom is 0.254 e. The summed E-state index contributed by atoms with van der Waals surface area (Å²) in [5.74, 6) is -0.543. The van der Waals surface area contributed by atoms with Gasteiger partial charge in [0.05, 0.1) is 12.6 Å². The van der Waals surface area contributed by atoms with Crippen molar-refractivity contribution in [2.75, 3.05) is 45.9 Å². The highest BCUT2D eigenvalue weighted by Gasteiger charge is 2.23. The summed E-state index contributed by atoms with van der Waals surface area (Å²) < 4.78 is 19.1. The van der Waals surface area contributed by atoms with Gasteiger partial charge in [0.25, 0.3) is 5.91 Å². The van der Waals surface area contributed by atoms with Crippen LogP contribution in [0.1, 0.15) is 36.2 Å². The first-order valence-electron chi connectivity index (χ1n) is 9.53. The number of amides is 2. The maximum absolute atomic E-state index is 13.7. The lowest BCUT2D eigenvalue weighted by Gasteiger charge is -2.34. The molecule has 1 fully saturated rings. The van der Waals surface area contributed by atoms with E-state index in [4.69, 9.17) is 4.74 Å². The highest BCUT2D eigenvalue weighted by atomic mass is 19.1. The lowest BCUT2D eigenvalue weighted by Crippen LogP contribution is -2.51. The van der Waals surface area contributed by atoms with Crippen LogP contribution in [0.2, 0.25) is 0 Å². The van der Waals surface area contributed by atoms with Crippen molar-refractivity contribution in [3.63, 3.8) is 0 Å². The monoisotopic (exact) mass is 379 g/mol. The average molecular weight is 379 g/mol. The number of benzene rings is 1. The second-order valence-corrected chi connectivity index (χ2v) is 7.16. The molecule has 1 heterocycles. The molecule has 0 aromatic heterocycles. The van der Waals surface area contributed by atoms with E-state index in [1.807, 2.05) is 18.7 Å². The minimum absolute atomic E-state index is 0.0140. The van der Waals surface area contributed by atoms with Crippen molar-refractivity contribution in [3.05, 3.63) is 35.1 Å². The number of hydrogen-bond donors (Lipinski definition) is 1. The summed E-state index contributed by atoms with van der Waals surface area (Å²) >= 11 is 0. The van der Waals surface area contributed by atoms with Crippen molar-refractivity contribution >= 4 is 11.8 Å². The van der Waals surface area contributed by atoms with E-state index < -0.39 is 0 Å². The van der Waals surface area contributed by atoms with Crippen LogP contribution in [0.5, 0.6) is 0 Å². The fourth-order valence-corrected chi connectivity index (χ4v) is 2.90. The molecule has 1 aliphatic heterocycles. The predicted molar refractivity (Wildman–Crippen MR) is 102 cm³/mol. The third-order valence-electron chi connectivity index (χ3n) is 4.54. The first-order chi connectivity index (χ1) is 12.9. The van der Waals surface area contributed by atoms with Crippen LogP contribution < -0.4 is 5.32 Å². The van der Waals surface area contributed by atoms with Gasteiger partial charge in [-0.3, -0.25) is 14.5 Å². The average Bonchev–Trinajstić information content (AvgIpc) is 2.63. The van der Waals surface area contributed by atoms with Crippen molar-refractivity contribution in [2.24, 2.45) is 0 Å². The Bertz CT molecular complexity index is 643. The first kappa shape index (κ1) is 21.3. The molecule has 1 saturated heterocycles. The lowest BCUT2D eigenvalue weighted by atomic mass is 10.1. The Morgan fingerprint density at radius 1 is 1.22 bits per heavy atom. The van der Waals surface area contributed by atoms with Gasteiger partial charge in [0, 0.05) is 44.9 Å². The summed E-state index contributed by atoms with van der Waals surface area (Å²) in [5, 5.41) is 2.89. The molecular formula is C20H30FN3O3. The minimum atomic E-state index is -0.366. The summed E-state index contributed by atoms with van der Waals surface area (Å²) in [4.78, 5) is 28.2. The van der Waals surface area contributed by atoms with Gasteiger partial charge in [-0.1, -0.05) is 6.07 Å².